The summed E-state index contributed by atoms with van der Waals surface area (Å²) < 4.78 is 6.03. The molecule has 2 N–H and O–H groups in total. The molecule has 3 nitrogen and oxygen atoms in total. The van der Waals surface area contributed by atoms with Crippen LogP contribution in [0.25, 0.3) is 0 Å². The highest BCUT2D eigenvalue weighted by Gasteiger charge is 2.63. The van der Waals surface area contributed by atoms with E-state index < -0.39 is 0 Å². The van der Waals surface area contributed by atoms with Gasteiger partial charge in [0.1, 0.15) is 6.10 Å². The summed E-state index contributed by atoms with van der Waals surface area (Å²) in [6.45, 7) is 20.0. The van der Waals surface area contributed by atoms with Crippen molar-refractivity contribution >= 4 is 5.97 Å². The molecule has 0 bridgehead atoms. The van der Waals surface area contributed by atoms with E-state index in [1.807, 2.05) is 11.1 Å². The predicted molar refractivity (Wildman–Crippen MR) is 150 cm³/mol. The minimum Gasteiger partial charge on any atom is -0.462 e. The summed E-state index contributed by atoms with van der Waals surface area (Å²) in [5, 5.41) is 0. The van der Waals surface area contributed by atoms with Crippen LogP contribution in [0.4, 0.5) is 0 Å². The van der Waals surface area contributed by atoms with Gasteiger partial charge in [-0.25, -0.2) is 0 Å². The lowest BCUT2D eigenvalue weighted by atomic mass is 9.43. The zero-order valence-electron chi connectivity index (χ0n) is 24.8. The van der Waals surface area contributed by atoms with Crippen molar-refractivity contribution in [1.29, 1.82) is 0 Å². The number of fused-ring (bicyclic) bond motifs is 4. The lowest BCUT2D eigenvalue weighted by Crippen LogP contribution is -2.55. The van der Waals surface area contributed by atoms with Gasteiger partial charge in [-0.15, -0.1) is 0 Å². The average Bonchev–Trinajstić information content (AvgIpc) is 3.07. The van der Waals surface area contributed by atoms with Crippen molar-refractivity contribution in [3.63, 3.8) is 0 Å². The molecule has 7 atom stereocenters. The van der Waals surface area contributed by atoms with E-state index in [0.717, 1.165) is 24.7 Å². The molecule has 1 unspecified atom stereocenters. The van der Waals surface area contributed by atoms with E-state index in [2.05, 4.69) is 61.5 Å². The Balaban J connectivity index is 1.59. The minimum absolute atomic E-state index is 0.00487. The summed E-state index contributed by atoms with van der Waals surface area (Å²) in [4.78, 5) is 12.3. The van der Waals surface area contributed by atoms with E-state index in [4.69, 9.17) is 10.5 Å². The summed E-state index contributed by atoms with van der Waals surface area (Å²) in [5.74, 6) is 2.08. The smallest absolute Gasteiger partial charge is 0.307 e. The second kappa shape index (κ2) is 9.90. The van der Waals surface area contributed by atoms with E-state index in [-0.39, 0.29) is 22.9 Å². The predicted octanol–water partition coefficient (Wildman–Crippen LogP) is 8.38. The van der Waals surface area contributed by atoms with Gasteiger partial charge >= 0.3 is 5.97 Å². The van der Waals surface area contributed by atoms with Gasteiger partial charge in [0.15, 0.2) is 0 Å². The maximum absolute atomic E-state index is 12.3. The molecule has 0 aromatic carbocycles. The fourth-order valence-corrected chi connectivity index (χ4v) is 10.00. The monoisotopic (exact) mass is 497 g/mol. The van der Waals surface area contributed by atoms with Gasteiger partial charge in [0.05, 0.1) is 6.42 Å². The molecular formula is C33H55NO2. The van der Waals surface area contributed by atoms with Gasteiger partial charge in [0, 0.05) is 12.0 Å². The van der Waals surface area contributed by atoms with Crippen LogP contribution in [0.5, 0.6) is 0 Å². The number of hydrogen-bond acceptors (Lipinski definition) is 3. The molecule has 0 aromatic heterocycles. The SMILES string of the molecule is CC(C)=CCC[C@@H](C)[C@H]1CC[C@@]2(C)C3=C(CC[C@]12C)[C@@]1(C)CC[C@H](OC(=O)CCN)C(C)(C)C1CC3. The first kappa shape index (κ1) is 27.9. The third-order valence-electron chi connectivity index (χ3n) is 12.2. The van der Waals surface area contributed by atoms with E-state index in [1.54, 1.807) is 0 Å². The van der Waals surface area contributed by atoms with E-state index in [1.165, 1.54) is 56.9 Å². The topological polar surface area (TPSA) is 52.3 Å². The molecule has 2 fully saturated rings. The molecule has 0 aromatic rings. The maximum Gasteiger partial charge on any atom is 0.307 e. The lowest BCUT2D eigenvalue weighted by molar-refractivity contribution is -0.169. The molecule has 4 aliphatic rings. The standard InChI is InChI=1S/C33H55NO2/c1-22(2)10-9-11-23(3)24-14-19-33(8)26-12-13-27-30(4,5)28(36-29(35)17-21-34)16-18-31(27,6)25(26)15-20-32(24,33)7/h10,23-24,27-28H,9,11-21,34H2,1-8H3/t23-,24-,27?,28+,31-,32-,33+/m1/s1. The summed E-state index contributed by atoms with van der Waals surface area (Å²) in [7, 11) is 0. The fourth-order valence-electron chi connectivity index (χ4n) is 10.00. The van der Waals surface area contributed by atoms with Gasteiger partial charge in [-0.1, -0.05) is 64.3 Å². The molecule has 0 saturated heterocycles. The van der Waals surface area contributed by atoms with Crippen molar-refractivity contribution in [2.24, 2.45) is 45.1 Å². The first-order valence-corrected chi connectivity index (χ1v) is 15.1. The molecule has 4 rings (SSSR count). The normalized spacial score (nSPS) is 40.1. The maximum atomic E-state index is 12.3. The van der Waals surface area contributed by atoms with Crippen molar-refractivity contribution in [1.82, 2.24) is 0 Å². The Morgan fingerprint density at radius 1 is 1.03 bits per heavy atom. The van der Waals surface area contributed by atoms with E-state index in [9.17, 15) is 4.79 Å². The van der Waals surface area contributed by atoms with Crippen LogP contribution in [0.15, 0.2) is 22.8 Å². The lowest BCUT2D eigenvalue weighted by Gasteiger charge is -2.62. The van der Waals surface area contributed by atoms with Crippen LogP contribution >= 0.6 is 0 Å². The number of carbonyl (C=O) groups is 1. The highest BCUT2D eigenvalue weighted by atomic mass is 16.5. The number of hydrogen-bond donors (Lipinski definition) is 1. The summed E-state index contributed by atoms with van der Waals surface area (Å²) in [5.41, 5.74) is 11.7. The molecule has 3 heteroatoms. The number of ether oxygens (including phenoxy) is 1. The van der Waals surface area contributed by atoms with Gasteiger partial charge in [-0.05, 0) is 112 Å². The molecule has 4 aliphatic carbocycles. The van der Waals surface area contributed by atoms with Crippen LogP contribution in [0.1, 0.15) is 126 Å². The average molecular weight is 498 g/mol. The quantitative estimate of drug-likeness (QED) is 0.284. The van der Waals surface area contributed by atoms with Crippen molar-refractivity contribution in [3.8, 4) is 0 Å². The fraction of sp³-hybridized carbons (Fsp3) is 0.848. The Morgan fingerprint density at radius 3 is 2.42 bits per heavy atom. The summed E-state index contributed by atoms with van der Waals surface area (Å²) >= 11 is 0. The molecule has 204 valence electrons. The van der Waals surface area contributed by atoms with E-state index in [0.29, 0.717) is 29.7 Å². The Labute approximate surface area is 222 Å². The first-order chi connectivity index (χ1) is 16.8. The van der Waals surface area contributed by atoms with Crippen LogP contribution in [-0.2, 0) is 9.53 Å². The van der Waals surface area contributed by atoms with Gasteiger partial charge in [-0.3, -0.25) is 4.79 Å². The Bertz CT molecular complexity index is 911. The van der Waals surface area contributed by atoms with Crippen molar-refractivity contribution in [2.75, 3.05) is 6.54 Å². The molecular weight excluding hydrogens is 442 g/mol. The van der Waals surface area contributed by atoms with Gasteiger partial charge < -0.3 is 10.5 Å². The van der Waals surface area contributed by atoms with Crippen molar-refractivity contribution < 1.29 is 9.53 Å². The van der Waals surface area contributed by atoms with Crippen LogP contribution in [0.2, 0.25) is 0 Å². The molecule has 36 heavy (non-hydrogen) atoms. The first-order valence-electron chi connectivity index (χ1n) is 15.1. The Morgan fingerprint density at radius 2 is 1.75 bits per heavy atom. The van der Waals surface area contributed by atoms with Crippen LogP contribution < -0.4 is 5.73 Å². The Kier molecular flexibility index (Phi) is 7.68. The van der Waals surface area contributed by atoms with Gasteiger partial charge in [0.25, 0.3) is 0 Å². The number of rotatable bonds is 7. The van der Waals surface area contributed by atoms with E-state index >= 15 is 0 Å². The second-order valence-corrected chi connectivity index (χ2v) is 14.6. The van der Waals surface area contributed by atoms with Gasteiger partial charge in [-0.2, -0.15) is 0 Å². The minimum atomic E-state index is -0.119. The number of carbonyl (C=O) groups excluding carboxylic acids is 1. The van der Waals surface area contributed by atoms with Crippen molar-refractivity contribution in [3.05, 3.63) is 22.8 Å². The molecule has 0 heterocycles. The van der Waals surface area contributed by atoms with Crippen LogP contribution in [0.3, 0.4) is 0 Å². The molecule has 0 aliphatic heterocycles. The van der Waals surface area contributed by atoms with Crippen molar-refractivity contribution in [2.45, 2.75) is 132 Å². The third kappa shape index (κ3) is 4.34. The Hall–Kier alpha value is -1.09. The number of esters is 1. The second-order valence-electron chi connectivity index (χ2n) is 14.6. The largest absolute Gasteiger partial charge is 0.462 e. The third-order valence-corrected chi connectivity index (χ3v) is 12.2. The highest BCUT2D eigenvalue weighted by Crippen LogP contribution is 2.72. The number of nitrogens with two attached hydrogens (primary N) is 1. The molecule has 0 amide bonds. The molecule has 0 spiro atoms. The highest BCUT2D eigenvalue weighted by molar-refractivity contribution is 5.69. The summed E-state index contributed by atoms with van der Waals surface area (Å²) in [6, 6.07) is 0. The zero-order chi connectivity index (χ0) is 26.5. The van der Waals surface area contributed by atoms with Gasteiger partial charge in [0.2, 0.25) is 0 Å². The number of allylic oxidation sites excluding steroid dienone is 4. The van der Waals surface area contributed by atoms with Crippen LogP contribution in [-0.4, -0.2) is 18.6 Å². The van der Waals surface area contributed by atoms with Crippen LogP contribution in [0, 0.1) is 39.4 Å². The summed E-state index contributed by atoms with van der Waals surface area (Å²) in [6.07, 6.45) is 15.3. The molecule has 0 radical (unpaired) electrons. The zero-order valence-corrected chi connectivity index (χ0v) is 24.8. The molecule has 2 saturated carbocycles.